The van der Waals surface area contributed by atoms with Crippen LogP contribution >= 0.6 is 0 Å². The Kier molecular flexibility index (Phi) is 3.04. The van der Waals surface area contributed by atoms with Crippen molar-refractivity contribution in [2.45, 2.75) is 45.6 Å². The van der Waals surface area contributed by atoms with Gasteiger partial charge >= 0.3 is 5.97 Å². The third-order valence-corrected chi connectivity index (χ3v) is 3.56. The summed E-state index contributed by atoms with van der Waals surface area (Å²) in [5, 5.41) is 17.2. The lowest BCUT2D eigenvalue weighted by atomic mass is 10.1. The molecular formula is C13H16N4O3. The number of aryl methyl sites for hydroxylation is 1. The van der Waals surface area contributed by atoms with E-state index < -0.39 is 5.97 Å². The van der Waals surface area contributed by atoms with E-state index in [0.717, 1.165) is 29.8 Å². The van der Waals surface area contributed by atoms with Gasteiger partial charge in [-0.1, -0.05) is 5.16 Å². The Morgan fingerprint density at radius 3 is 2.85 bits per heavy atom. The fourth-order valence-corrected chi connectivity index (χ4v) is 2.26. The van der Waals surface area contributed by atoms with Crippen LogP contribution in [0.3, 0.4) is 0 Å². The summed E-state index contributed by atoms with van der Waals surface area (Å²) in [4.78, 5) is 15.2. The maximum atomic E-state index is 10.8. The minimum absolute atomic E-state index is 0.0166. The number of aromatic nitrogens is 4. The van der Waals surface area contributed by atoms with E-state index in [4.69, 9.17) is 9.63 Å². The van der Waals surface area contributed by atoms with Gasteiger partial charge in [-0.25, -0.2) is 0 Å². The topological polar surface area (TPSA) is 94.0 Å². The number of aliphatic carboxylic acids is 1. The third-order valence-electron chi connectivity index (χ3n) is 3.56. The van der Waals surface area contributed by atoms with E-state index in [-0.39, 0.29) is 6.42 Å². The molecule has 1 fully saturated rings. The fourth-order valence-electron chi connectivity index (χ4n) is 2.26. The molecular weight excluding hydrogens is 260 g/mol. The standard InChI is InChI=1S/C13H16N4O3/c1-7-10(5-12(18)19)8(2)17(15-7)6-11-14-13(20-16-11)9-3-4-9/h9H,3-6H2,1-2H3,(H,18,19). The number of carboxylic acids is 1. The van der Waals surface area contributed by atoms with E-state index >= 15 is 0 Å². The van der Waals surface area contributed by atoms with Crippen LogP contribution in [0.5, 0.6) is 0 Å². The molecule has 3 rings (SSSR count). The second-order valence-corrected chi connectivity index (χ2v) is 5.20. The van der Waals surface area contributed by atoms with Crippen molar-refractivity contribution < 1.29 is 14.4 Å². The van der Waals surface area contributed by atoms with Gasteiger partial charge in [-0.3, -0.25) is 9.48 Å². The minimum Gasteiger partial charge on any atom is -0.481 e. The molecule has 2 aromatic heterocycles. The van der Waals surface area contributed by atoms with Gasteiger partial charge in [-0.05, 0) is 26.7 Å². The molecule has 0 aromatic carbocycles. The molecule has 2 heterocycles. The largest absolute Gasteiger partial charge is 0.481 e. The highest BCUT2D eigenvalue weighted by Gasteiger charge is 2.29. The van der Waals surface area contributed by atoms with Crippen LogP contribution in [0.1, 0.15) is 47.4 Å². The highest BCUT2D eigenvalue weighted by molar-refractivity contribution is 5.70. The Hall–Kier alpha value is -2.18. The number of nitrogens with zero attached hydrogens (tertiary/aromatic N) is 4. The molecule has 0 radical (unpaired) electrons. The zero-order valence-corrected chi connectivity index (χ0v) is 11.5. The summed E-state index contributed by atoms with van der Waals surface area (Å²) in [6.45, 7) is 4.08. The first-order valence-corrected chi connectivity index (χ1v) is 6.61. The number of carbonyl (C=O) groups is 1. The smallest absolute Gasteiger partial charge is 0.307 e. The maximum Gasteiger partial charge on any atom is 0.307 e. The van der Waals surface area contributed by atoms with E-state index in [0.29, 0.717) is 24.2 Å². The predicted octanol–water partition coefficient (Wildman–Crippen LogP) is 1.44. The molecule has 0 bridgehead atoms. The fraction of sp³-hybridized carbons (Fsp3) is 0.538. The van der Waals surface area contributed by atoms with E-state index in [1.807, 2.05) is 13.8 Å². The van der Waals surface area contributed by atoms with Gasteiger partial charge in [-0.2, -0.15) is 10.1 Å². The highest BCUT2D eigenvalue weighted by atomic mass is 16.5. The van der Waals surface area contributed by atoms with Crippen molar-refractivity contribution in [3.05, 3.63) is 28.7 Å². The lowest BCUT2D eigenvalue weighted by Gasteiger charge is -2.01. The first-order valence-electron chi connectivity index (χ1n) is 6.61. The molecule has 7 nitrogen and oxygen atoms in total. The van der Waals surface area contributed by atoms with Crippen LogP contribution < -0.4 is 0 Å². The SMILES string of the molecule is Cc1nn(Cc2noc(C3CC3)n2)c(C)c1CC(=O)O. The van der Waals surface area contributed by atoms with Crippen LogP contribution in [0.15, 0.2) is 4.52 Å². The number of hydrogen-bond acceptors (Lipinski definition) is 5. The average Bonchev–Trinajstić information content (AvgIpc) is 3.09. The Morgan fingerprint density at radius 1 is 1.45 bits per heavy atom. The van der Waals surface area contributed by atoms with Crippen molar-refractivity contribution in [2.75, 3.05) is 0 Å². The molecule has 0 atom stereocenters. The average molecular weight is 276 g/mol. The van der Waals surface area contributed by atoms with E-state index in [9.17, 15) is 4.79 Å². The Labute approximate surface area is 115 Å². The monoisotopic (exact) mass is 276 g/mol. The zero-order chi connectivity index (χ0) is 14.3. The summed E-state index contributed by atoms with van der Waals surface area (Å²) in [5.74, 6) is 0.859. The van der Waals surface area contributed by atoms with E-state index in [1.54, 1.807) is 4.68 Å². The van der Waals surface area contributed by atoms with Crippen LogP contribution in [-0.2, 0) is 17.8 Å². The first kappa shape index (κ1) is 12.8. The second-order valence-electron chi connectivity index (χ2n) is 5.20. The number of carboxylic acid groups (broad SMARTS) is 1. The summed E-state index contributed by atoms with van der Waals surface area (Å²) in [6.07, 6.45) is 2.21. The van der Waals surface area contributed by atoms with Crippen LogP contribution in [0.2, 0.25) is 0 Å². The maximum absolute atomic E-state index is 10.8. The molecule has 0 amide bonds. The van der Waals surface area contributed by atoms with Gasteiger partial charge in [0.2, 0.25) is 5.89 Å². The summed E-state index contributed by atoms with van der Waals surface area (Å²) in [6, 6.07) is 0. The van der Waals surface area contributed by atoms with Crippen LogP contribution in [0.25, 0.3) is 0 Å². The molecule has 1 saturated carbocycles. The molecule has 7 heteroatoms. The molecule has 20 heavy (non-hydrogen) atoms. The first-order chi connectivity index (χ1) is 9.54. The molecule has 0 aliphatic heterocycles. The molecule has 1 N–H and O–H groups in total. The Bertz CT molecular complexity index is 655. The number of rotatable bonds is 5. The normalized spacial score (nSPS) is 14.7. The van der Waals surface area contributed by atoms with Gasteiger partial charge < -0.3 is 9.63 Å². The summed E-state index contributed by atoms with van der Waals surface area (Å²) >= 11 is 0. The summed E-state index contributed by atoms with van der Waals surface area (Å²) in [7, 11) is 0. The van der Waals surface area contributed by atoms with Gasteiger partial charge in [0.05, 0.1) is 12.1 Å². The van der Waals surface area contributed by atoms with Gasteiger partial charge in [-0.15, -0.1) is 0 Å². The van der Waals surface area contributed by atoms with Crippen LogP contribution in [0.4, 0.5) is 0 Å². The molecule has 106 valence electrons. The van der Waals surface area contributed by atoms with E-state index in [1.165, 1.54) is 0 Å². The van der Waals surface area contributed by atoms with Gasteiger partial charge in [0.1, 0.15) is 6.54 Å². The zero-order valence-electron chi connectivity index (χ0n) is 11.5. The van der Waals surface area contributed by atoms with Crippen molar-refractivity contribution in [3.8, 4) is 0 Å². The minimum atomic E-state index is -0.855. The predicted molar refractivity (Wildman–Crippen MR) is 68.4 cm³/mol. The molecule has 1 aliphatic rings. The lowest BCUT2D eigenvalue weighted by Crippen LogP contribution is -2.07. The lowest BCUT2D eigenvalue weighted by molar-refractivity contribution is -0.136. The van der Waals surface area contributed by atoms with Crippen molar-refractivity contribution in [1.82, 2.24) is 19.9 Å². The van der Waals surface area contributed by atoms with Crippen molar-refractivity contribution in [2.24, 2.45) is 0 Å². The van der Waals surface area contributed by atoms with Crippen LogP contribution in [-0.4, -0.2) is 31.0 Å². The quantitative estimate of drug-likeness (QED) is 0.888. The summed E-state index contributed by atoms with van der Waals surface area (Å²) < 4.78 is 6.94. The van der Waals surface area contributed by atoms with Gasteiger partial charge in [0, 0.05) is 17.2 Å². The van der Waals surface area contributed by atoms with Crippen molar-refractivity contribution in [1.29, 1.82) is 0 Å². The van der Waals surface area contributed by atoms with Crippen LogP contribution in [0, 0.1) is 13.8 Å². The summed E-state index contributed by atoms with van der Waals surface area (Å²) in [5.41, 5.74) is 2.32. The molecule has 0 unspecified atom stereocenters. The third kappa shape index (κ3) is 2.43. The molecule has 0 spiro atoms. The number of hydrogen-bond donors (Lipinski definition) is 1. The van der Waals surface area contributed by atoms with E-state index in [2.05, 4.69) is 15.2 Å². The van der Waals surface area contributed by atoms with Crippen molar-refractivity contribution in [3.63, 3.8) is 0 Å². The second kappa shape index (κ2) is 4.73. The van der Waals surface area contributed by atoms with Gasteiger partial charge in [0.25, 0.3) is 0 Å². The Balaban J connectivity index is 1.80. The molecule has 1 aliphatic carbocycles. The Morgan fingerprint density at radius 2 is 2.20 bits per heavy atom. The van der Waals surface area contributed by atoms with Crippen molar-refractivity contribution >= 4 is 5.97 Å². The highest BCUT2D eigenvalue weighted by Crippen LogP contribution is 2.38. The molecule has 2 aromatic rings. The van der Waals surface area contributed by atoms with Gasteiger partial charge in [0.15, 0.2) is 5.82 Å². The molecule has 0 saturated heterocycles.